The van der Waals surface area contributed by atoms with Gasteiger partial charge in [0.1, 0.15) is 5.82 Å². The van der Waals surface area contributed by atoms with Crippen LogP contribution in [0.25, 0.3) is 0 Å². The van der Waals surface area contributed by atoms with Gasteiger partial charge in [-0.1, -0.05) is 24.3 Å². The molecule has 2 unspecified atom stereocenters. The van der Waals surface area contributed by atoms with Crippen molar-refractivity contribution >= 4 is 21.4 Å². The van der Waals surface area contributed by atoms with Crippen molar-refractivity contribution in [3.8, 4) is 0 Å². The first-order valence-electron chi connectivity index (χ1n) is 9.82. The molecule has 1 amide bonds. The number of rotatable bonds is 4. The molecular weight excluding hydrogens is 391 g/mol. The van der Waals surface area contributed by atoms with E-state index in [0.717, 1.165) is 16.8 Å². The monoisotopic (exact) mass is 416 g/mol. The highest BCUT2D eigenvalue weighted by atomic mass is 32.2. The van der Waals surface area contributed by atoms with Crippen molar-refractivity contribution in [2.24, 2.45) is 0 Å². The van der Waals surface area contributed by atoms with Crippen molar-refractivity contribution in [1.29, 1.82) is 0 Å². The van der Waals surface area contributed by atoms with Gasteiger partial charge in [0.25, 0.3) is 0 Å². The van der Waals surface area contributed by atoms with E-state index in [-0.39, 0.29) is 35.8 Å². The number of hydrogen-bond donors (Lipinski definition) is 0. The van der Waals surface area contributed by atoms with Crippen LogP contribution in [0.15, 0.2) is 42.5 Å². The molecule has 0 aromatic heterocycles. The Kier molecular flexibility index (Phi) is 5.21. The second-order valence-corrected chi connectivity index (χ2v) is 10.2. The predicted octanol–water partition coefficient (Wildman–Crippen LogP) is 2.50. The molecule has 0 aliphatic carbocycles. The molecule has 2 fully saturated rings. The van der Waals surface area contributed by atoms with Crippen molar-refractivity contribution < 1.29 is 17.6 Å². The largest absolute Gasteiger partial charge is 0.306 e. The van der Waals surface area contributed by atoms with Gasteiger partial charge >= 0.3 is 0 Å². The molecule has 2 aliphatic rings. The first-order chi connectivity index (χ1) is 13.7. The van der Waals surface area contributed by atoms with E-state index in [4.69, 9.17) is 0 Å². The fourth-order valence-corrected chi connectivity index (χ4v) is 6.36. The smallest absolute Gasteiger partial charge is 0.241 e. The molecule has 0 bridgehead atoms. The molecule has 7 heteroatoms. The number of piperazine rings is 1. The highest BCUT2D eigenvalue weighted by Gasteiger charge is 2.49. The Bertz CT molecular complexity index is 1050. The maximum Gasteiger partial charge on any atom is 0.241 e. The normalized spacial score (nSPS) is 24.0. The molecule has 29 heavy (non-hydrogen) atoms. The van der Waals surface area contributed by atoms with E-state index < -0.39 is 15.9 Å². The molecule has 2 atom stereocenters. The number of amides is 1. The van der Waals surface area contributed by atoms with Crippen LogP contribution in [0, 0.1) is 19.7 Å². The number of carbonyl (C=O) groups excluding carboxylic acids is 1. The first kappa shape index (κ1) is 20.0. The third-order valence-corrected chi connectivity index (χ3v) is 7.79. The summed E-state index contributed by atoms with van der Waals surface area (Å²) < 4.78 is 38.9. The summed E-state index contributed by atoms with van der Waals surface area (Å²) in [6.07, 6.45) is 0.437. The minimum atomic E-state index is -3.25. The van der Waals surface area contributed by atoms with E-state index in [1.807, 2.05) is 36.9 Å². The van der Waals surface area contributed by atoms with E-state index >= 15 is 0 Å². The SMILES string of the molecule is Cc1ccc(N2C(=O)CN(CCc3ccccc3F)C3CS(=O)(=O)CC32)cc1C. The molecule has 0 spiro atoms. The Hall–Kier alpha value is -2.25. The number of nitrogens with zero attached hydrogens (tertiary/aromatic N) is 2. The average Bonchev–Trinajstić information content (AvgIpc) is 2.98. The number of sulfone groups is 1. The summed E-state index contributed by atoms with van der Waals surface area (Å²) in [7, 11) is -3.25. The third-order valence-electron chi connectivity index (χ3n) is 6.10. The Morgan fingerprint density at radius 1 is 1.03 bits per heavy atom. The highest BCUT2D eigenvalue weighted by Crippen LogP contribution is 2.32. The van der Waals surface area contributed by atoms with Gasteiger partial charge in [0.05, 0.1) is 24.1 Å². The van der Waals surface area contributed by atoms with Gasteiger partial charge in [-0.3, -0.25) is 9.69 Å². The van der Waals surface area contributed by atoms with E-state index in [0.29, 0.717) is 18.5 Å². The Balaban J connectivity index is 1.61. The van der Waals surface area contributed by atoms with Crippen LogP contribution in [0.3, 0.4) is 0 Å². The van der Waals surface area contributed by atoms with Crippen molar-refractivity contribution in [1.82, 2.24) is 4.90 Å². The summed E-state index contributed by atoms with van der Waals surface area (Å²) in [4.78, 5) is 16.6. The Morgan fingerprint density at radius 2 is 1.76 bits per heavy atom. The number of anilines is 1. The number of hydrogen-bond acceptors (Lipinski definition) is 4. The van der Waals surface area contributed by atoms with Crippen molar-refractivity contribution in [3.05, 3.63) is 65.0 Å². The second kappa shape index (κ2) is 7.54. The van der Waals surface area contributed by atoms with Crippen molar-refractivity contribution in [3.63, 3.8) is 0 Å². The molecule has 0 saturated carbocycles. The molecule has 2 heterocycles. The van der Waals surface area contributed by atoms with Gasteiger partial charge in [0.2, 0.25) is 5.91 Å². The van der Waals surface area contributed by atoms with Gasteiger partial charge in [0.15, 0.2) is 9.84 Å². The zero-order valence-electron chi connectivity index (χ0n) is 16.6. The maximum atomic E-state index is 14.0. The van der Waals surface area contributed by atoms with Gasteiger partial charge in [-0.25, -0.2) is 12.8 Å². The van der Waals surface area contributed by atoms with Crippen LogP contribution >= 0.6 is 0 Å². The standard InChI is InChI=1S/C22H25FN2O3S/c1-15-7-8-18(11-16(15)2)25-21-14-29(27,28)13-20(21)24(12-22(25)26)10-9-17-5-3-4-6-19(17)23/h3-8,11,20-21H,9-10,12-14H2,1-2H3. The van der Waals surface area contributed by atoms with Gasteiger partial charge in [-0.2, -0.15) is 0 Å². The molecule has 0 radical (unpaired) electrons. The highest BCUT2D eigenvalue weighted by molar-refractivity contribution is 7.91. The Morgan fingerprint density at radius 3 is 2.48 bits per heavy atom. The third kappa shape index (κ3) is 3.94. The van der Waals surface area contributed by atoms with Gasteiger partial charge in [-0.05, 0) is 55.2 Å². The van der Waals surface area contributed by atoms with Crippen LogP contribution in [0.5, 0.6) is 0 Å². The predicted molar refractivity (Wildman–Crippen MR) is 111 cm³/mol. The van der Waals surface area contributed by atoms with E-state index in [2.05, 4.69) is 0 Å². The van der Waals surface area contributed by atoms with Crippen LogP contribution in [-0.2, 0) is 21.1 Å². The molecule has 2 saturated heterocycles. The van der Waals surface area contributed by atoms with Gasteiger partial charge in [-0.15, -0.1) is 0 Å². The van der Waals surface area contributed by atoms with Crippen LogP contribution < -0.4 is 4.90 Å². The summed E-state index contributed by atoms with van der Waals surface area (Å²) >= 11 is 0. The fourth-order valence-electron chi connectivity index (χ4n) is 4.38. The number of benzene rings is 2. The molecule has 4 rings (SSSR count). The molecule has 0 N–H and O–H groups in total. The molecule has 5 nitrogen and oxygen atoms in total. The van der Waals surface area contributed by atoms with Crippen molar-refractivity contribution in [2.75, 3.05) is 29.5 Å². The number of fused-ring (bicyclic) bond motifs is 1. The zero-order valence-corrected chi connectivity index (χ0v) is 17.5. The van der Waals surface area contributed by atoms with E-state index in [1.54, 1.807) is 23.1 Å². The topological polar surface area (TPSA) is 57.7 Å². The maximum absolute atomic E-state index is 14.0. The lowest BCUT2D eigenvalue weighted by molar-refractivity contribution is -0.123. The quantitative estimate of drug-likeness (QED) is 0.769. The number of aryl methyl sites for hydroxylation is 2. The zero-order chi connectivity index (χ0) is 20.8. The van der Waals surface area contributed by atoms with Gasteiger partial charge in [0, 0.05) is 18.3 Å². The minimum Gasteiger partial charge on any atom is -0.306 e. The van der Waals surface area contributed by atoms with Crippen LogP contribution in [0.4, 0.5) is 10.1 Å². The minimum absolute atomic E-state index is 0.0313. The van der Waals surface area contributed by atoms with Crippen LogP contribution in [0.2, 0.25) is 0 Å². The average molecular weight is 417 g/mol. The lowest BCUT2D eigenvalue weighted by atomic mass is 10.0. The molecule has 2 aromatic rings. The lowest BCUT2D eigenvalue weighted by Crippen LogP contribution is -2.62. The second-order valence-electron chi connectivity index (χ2n) is 8.06. The van der Waals surface area contributed by atoms with Gasteiger partial charge < -0.3 is 4.90 Å². The molecular formula is C22H25FN2O3S. The summed E-state index contributed by atoms with van der Waals surface area (Å²) in [5.41, 5.74) is 3.52. The van der Waals surface area contributed by atoms with E-state index in [1.165, 1.54) is 6.07 Å². The van der Waals surface area contributed by atoms with Crippen molar-refractivity contribution in [2.45, 2.75) is 32.4 Å². The molecule has 2 aromatic carbocycles. The first-order valence-corrected chi connectivity index (χ1v) is 11.6. The molecule has 2 aliphatic heterocycles. The summed E-state index contributed by atoms with van der Waals surface area (Å²) in [6.45, 7) is 4.57. The number of halogens is 1. The number of carbonyl (C=O) groups is 1. The van der Waals surface area contributed by atoms with E-state index in [9.17, 15) is 17.6 Å². The Labute approximate surface area is 171 Å². The summed E-state index contributed by atoms with van der Waals surface area (Å²) in [6, 6.07) is 11.7. The summed E-state index contributed by atoms with van der Waals surface area (Å²) in [5.74, 6) is -0.390. The molecule has 154 valence electrons. The summed E-state index contributed by atoms with van der Waals surface area (Å²) in [5, 5.41) is 0. The van der Waals surface area contributed by atoms with Crippen LogP contribution in [-0.4, -0.2) is 55.9 Å². The lowest BCUT2D eigenvalue weighted by Gasteiger charge is -2.43. The fraction of sp³-hybridized carbons (Fsp3) is 0.409. The van der Waals surface area contributed by atoms with Crippen LogP contribution in [0.1, 0.15) is 16.7 Å².